The Balaban J connectivity index is 1.91. The van der Waals surface area contributed by atoms with Crippen molar-refractivity contribution in [1.29, 1.82) is 0 Å². The van der Waals surface area contributed by atoms with Crippen LogP contribution in [-0.2, 0) is 14.6 Å². The van der Waals surface area contributed by atoms with Crippen LogP contribution < -0.4 is 9.64 Å². The van der Waals surface area contributed by atoms with Crippen LogP contribution in [-0.4, -0.2) is 48.9 Å². The van der Waals surface area contributed by atoms with Gasteiger partial charge in [0.25, 0.3) is 0 Å². The van der Waals surface area contributed by atoms with E-state index in [4.69, 9.17) is 4.74 Å². The number of rotatable bonds is 6. The van der Waals surface area contributed by atoms with Gasteiger partial charge in [0.05, 0.1) is 24.2 Å². The molecular weight excluding hydrogens is 372 g/mol. The van der Waals surface area contributed by atoms with Crippen LogP contribution in [0.1, 0.15) is 33.1 Å². The lowest BCUT2D eigenvalue weighted by atomic mass is 10.2. The molecule has 3 rings (SSSR count). The topological polar surface area (TPSA) is 76.0 Å². The molecule has 8 heteroatoms. The van der Waals surface area contributed by atoms with Crippen LogP contribution in [0.4, 0.5) is 5.69 Å². The standard InChI is InChI=1S/C18H24N2O4S2/c1-3-5-9-24-14-8-6-7-13(10-14)20-15-11-26(22,23)12-16(15)25-18(20)19-17(21)4-2/h6-8,10,15-16H,3-5,9,11-12H2,1-2H3/t15-,16-/m0/s1. The lowest BCUT2D eigenvalue weighted by Crippen LogP contribution is -2.37. The van der Waals surface area contributed by atoms with Crippen LogP contribution in [0.25, 0.3) is 0 Å². The van der Waals surface area contributed by atoms with E-state index in [0.29, 0.717) is 18.2 Å². The minimum atomic E-state index is -3.07. The summed E-state index contributed by atoms with van der Waals surface area (Å²) < 4.78 is 29.9. The van der Waals surface area contributed by atoms with Crippen molar-refractivity contribution in [1.82, 2.24) is 0 Å². The van der Waals surface area contributed by atoms with E-state index in [9.17, 15) is 13.2 Å². The maximum absolute atomic E-state index is 12.1. The molecule has 2 aliphatic heterocycles. The number of hydrogen-bond donors (Lipinski definition) is 0. The fourth-order valence-electron chi connectivity index (χ4n) is 3.11. The second-order valence-electron chi connectivity index (χ2n) is 6.51. The maximum Gasteiger partial charge on any atom is 0.247 e. The van der Waals surface area contributed by atoms with Crippen molar-refractivity contribution in [3.8, 4) is 5.75 Å². The minimum absolute atomic E-state index is 0.0882. The summed E-state index contributed by atoms with van der Waals surface area (Å²) in [5.74, 6) is 0.762. The third-order valence-electron chi connectivity index (χ3n) is 4.45. The third kappa shape index (κ3) is 4.23. The first-order valence-electron chi connectivity index (χ1n) is 8.94. The number of benzene rings is 1. The van der Waals surface area contributed by atoms with Gasteiger partial charge in [-0.05, 0) is 18.6 Å². The molecule has 0 saturated carbocycles. The molecule has 2 aliphatic rings. The van der Waals surface area contributed by atoms with Gasteiger partial charge in [-0.1, -0.05) is 38.1 Å². The number of ether oxygens (including phenoxy) is 1. The molecule has 0 aliphatic carbocycles. The van der Waals surface area contributed by atoms with Crippen LogP contribution >= 0.6 is 11.8 Å². The Hall–Kier alpha value is -1.54. The van der Waals surface area contributed by atoms with E-state index in [2.05, 4.69) is 11.9 Å². The first-order chi connectivity index (χ1) is 12.4. The van der Waals surface area contributed by atoms with Gasteiger partial charge in [-0.15, -0.1) is 0 Å². The average Bonchev–Trinajstić information content (AvgIpc) is 3.06. The van der Waals surface area contributed by atoms with Gasteiger partial charge in [-0.2, -0.15) is 4.99 Å². The van der Waals surface area contributed by atoms with E-state index in [1.807, 2.05) is 29.2 Å². The predicted octanol–water partition coefficient (Wildman–Crippen LogP) is 2.88. The van der Waals surface area contributed by atoms with Crippen LogP contribution in [0.3, 0.4) is 0 Å². The predicted molar refractivity (Wildman–Crippen MR) is 106 cm³/mol. The van der Waals surface area contributed by atoms with Crippen LogP contribution in [0.2, 0.25) is 0 Å². The Bertz CT molecular complexity index is 807. The maximum atomic E-state index is 12.1. The SMILES string of the molecule is CCCCOc1cccc(N2C(=NC(=O)CC)S[C@H]3CS(=O)(=O)C[C@@H]32)c1. The van der Waals surface area contributed by atoms with Crippen molar-refractivity contribution in [2.45, 2.75) is 44.4 Å². The summed E-state index contributed by atoms with van der Waals surface area (Å²) in [5.41, 5.74) is 0.818. The molecule has 1 aromatic rings. The first kappa shape index (κ1) is 19.2. The third-order valence-corrected chi connectivity index (χ3v) is 7.66. The lowest BCUT2D eigenvalue weighted by molar-refractivity contribution is -0.117. The Morgan fingerprint density at radius 1 is 1.35 bits per heavy atom. The quantitative estimate of drug-likeness (QED) is 0.688. The van der Waals surface area contributed by atoms with Gasteiger partial charge in [0.1, 0.15) is 5.75 Å². The van der Waals surface area contributed by atoms with Gasteiger partial charge in [0, 0.05) is 23.4 Å². The highest BCUT2D eigenvalue weighted by Gasteiger charge is 2.49. The van der Waals surface area contributed by atoms with Crippen molar-refractivity contribution in [3.63, 3.8) is 0 Å². The van der Waals surface area contributed by atoms with Gasteiger partial charge in [0.2, 0.25) is 5.91 Å². The first-order valence-corrected chi connectivity index (χ1v) is 11.6. The molecule has 0 aromatic heterocycles. The zero-order valence-corrected chi connectivity index (χ0v) is 16.7. The molecule has 6 nitrogen and oxygen atoms in total. The molecule has 0 N–H and O–H groups in total. The molecule has 1 amide bonds. The van der Waals surface area contributed by atoms with E-state index in [-0.39, 0.29) is 28.7 Å². The van der Waals surface area contributed by atoms with Gasteiger partial charge >= 0.3 is 0 Å². The zero-order chi connectivity index (χ0) is 18.7. The van der Waals surface area contributed by atoms with E-state index < -0.39 is 9.84 Å². The highest BCUT2D eigenvalue weighted by atomic mass is 32.2. The van der Waals surface area contributed by atoms with E-state index in [1.54, 1.807) is 6.92 Å². The number of nitrogens with zero attached hydrogens (tertiary/aromatic N) is 2. The molecule has 0 spiro atoms. The van der Waals surface area contributed by atoms with Crippen LogP contribution in [0.5, 0.6) is 5.75 Å². The molecule has 2 saturated heterocycles. The molecule has 0 bridgehead atoms. The summed E-state index contributed by atoms with van der Waals surface area (Å²) in [4.78, 5) is 18.0. The summed E-state index contributed by atoms with van der Waals surface area (Å²) >= 11 is 1.39. The molecule has 2 atom stereocenters. The van der Waals surface area contributed by atoms with Crippen LogP contribution in [0, 0.1) is 0 Å². The van der Waals surface area contributed by atoms with Gasteiger partial charge in [0.15, 0.2) is 15.0 Å². The summed E-state index contributed by atoms with van der Waals surface area (Å²) in [7, 11) is -3.07. The molecule has 26 heavy (non-hydrogen) atoms. The van der Waals surface area contributed by atoms with E-state index in [1.165, 1.54) is 11.8 Å². The molecule has 0 unspecified atom stereocenters. The van der Waals surface area contributed by atoms with Crippen molar-refractivity contribution in [2.24, 2.45) is 4.99 Å². The zero-order valence-electron chi connectivity index (χ0n) is 15.1. The summed E-state index contributed by atoms with van der Waals surface area (Å²) in [5, 5.41) is 0.500. The number of thioether (sulfide) groups is 1. The molecule has 2 fully saturated rings. The number of hydrogen-bond acceptors (Lipinski definition) is 5. The van der Waals surface area contributed by atoms with Crippen molar-refractivity contribution >= 4 is 38.4 Å². The average molecular weight is 397 g/mol. The second kappa shape index (κ2) is 8.00. The summed E-state index contributed by atoms with van der Waals surface area (Å²) in [6.07, 6.45) is 2.36. The fourth-order valence-corrected chi connectivity index (χ4v) is 7.04. The number of carbonyl (C=O) groups excluding carboxylic acids is 1. The van der Waals surface area contributed by atoms with Gasteiger partial charge < -0.3 is 9.64 Å². The highest BCUT2D eigenvalue weighted by Crippen LogP contribution is 2.41. The lowest BCUT2D eigenvalue weighted by Gasteiger charge is -2.25. The molecule has 142 valence electrons. The Labute approximate surface area is 158 Å². The number of fused-ring (bicyclic) bond motifs is 1. The number of carbonyl (C=O) groups is 1. The molecule has 2 heterocycles. The monoisotopic (exact) mass is 396 g/mol. The Morgan fingerprint density at radius 3 is 2.88 bits per heavy atom. The Kier molecular flexibility index (Phi) is 5.92. The van der Waals surface area contributed by atoms with Gasteiger partial charge in [-0.3, -0.25) is 4.79 Å². The normalized spacial score (nSPS) is 25.5. The fraction of sp³-hybridized carbons (Fsp3) is 0.556. The Morgan fingerprint density at radius 2 is 2.15 bits per heavy atom. The minimum Gasteiger partial charge on any atom is -0.494 e. The number of sulfone groups is 1. The van der Waals surface area contributed by atoms with Gasteiger partial charge in [-0.25, -0.2) is 8.42 Å². The molecule has 0 radical (unpaired) electrons. The van der Waals surface area contributed by atoms with Crippen LogP contribution in [0.15, 0.2) is 29.3 Å². The number of amidine groups is 1. The largest absolute Gasteiger partial charge is 0.494 e. The number of anilines is 1. The summed E-state index contributed by atoms with van der Waals surface area (Å²) in [6.45, 7) is 4.52. The number of aliphatic imine (C=N–C) groups is 1. The number of unbranched alkanes of at least 4 members (excludes halogenated alkanes) is 1. The molecular formula is C18H24N2O4S2. The highest BCUT2D eigenvalue weighted by molar-refractivity contribution is 8.16. The smallest absolute Gasteiger partial charge is 0.247 e. The van der Waals surface area contributed by atoms with Crippen molar-refractivity contribution in [2.75, 3.05) is 23.0 Å². The summed E-state index contributed by atoms with van der Waals surface area (Å²) in [6, 6.07) is 7.39. The second-order valence-corrected chi connectivity index (χ2v) is 9.87. The van der Waals surface area contributed by atoms with Crippen molar-refractivity contribution in [3.05, 3.63) is 24.3 Å². The van der Waals surface area contributed by atoms with E-state index in [0.717, 1.165) is 24.3 Å². The molecule has 1 aromatic carbocycles. The van der Waals surface area contributed by atoms with Crippen molar-refractivity contribution < 1.29 is 17.9 Å². The number of amides is 1. The van der Waals surface area contributed by atoms with E-state index >= 15 is 0 Å².